The summed E-state index contributed by atoms with van der Waals surface area (Å²) in [5.74, 6) is -3.13. The van der Waals surface area contributed by atoms with E-state index in [0.29, 0.717) is 17.7 Å². The van der Waals surface area contributed by atoms with Crippen LogP contribution < -0.4 is 4.74 Å². The SMILES string of the molecule is CC(=O)C(C)n1nc(-c2cc(OCC(F)(F)F)ncc2F)c2c1C[C@H](C(=O)O)CC2. The molecule has 0 fully saturated rings. The summed E-state index contributed by atoms with van der Waals surface area (Å²) in [6.07, 6.45) is -3.17. The van der Waals surface area contributed by atoms with Crippen LogP contribution in [0.3, 0.4) is 0 Å². The number of ether oxygens (including phenoxy) is 1. The molecule has 11 heteroatoms. The molecule has 2 aromatic heterocycles. The molecule has 0 aromatic carbocycles. The number of ketones is 1. The summed E-state index contributed by atoms with van der Waals surface area (Å²) in [7, 11) is 0. The van der Waals surface area contributed by atoms with Crippen molar-refractivity contribution < 1.29 is 37.0 Å². The van der Waals surface area contributed by atoms with E-state index in [4.69, 9.17) is 0 Å². The van der Waals surface area contributed by atoms with Gasteiger partial charge in [0.1, 0.15) is 6.04 Å². The van der Waals surface area contributed by atoms with Crippen LogP contribution in [-0.2, 0) is 22.4 Å². The summed E-state index contributed by atoms with van der Waals surface area (Å²) in [5, 5.41) is 13.7. The minimum Gasteiger partial charge on any atom is -0.481 e. The quantitative estimate of drug-likeness (QED) is 0.708. The highest BCUT2D eigenvalue weighted by Crippen LogP contribution is 2.37. The first-order chi connectivity index (χ1) is 14.0. The van der Waals surface area contributed by atoms with Gasteiger partial charge < -0.3 is 9.84 Å². The fourth-order valence-electron chi connectivity index (χ4n) is 3.39. The van der Waals surface area contributed by atoms with E-state index in [1.54, 1.807) is 6.92 Å². The molecular formula is C19H19F4N3O4. The summed E-state index contributed by atoms with van der Waals surface area (Å²) in [6.45, 7) is 1.36. The van der Waals surface area contributed by atoms with E-state index >= 15 is 0 Å². The van der Waals surface area contributed by atoms with Crippen LogP contribution in [0.1, 0.15) is 37.6 Å². The van der Waals surface area contributed by atoms with Crippen LogP contribution in [0.4, 0.5) is 17.6 Å². The summed E-state index contributed by atoms with van der Waals surface area (Å²) in [4.78, 5) is 26.9. The summed E-state index contributed by atoms with van der Waals surface area (Å²) in [5.41, 5.74) is 1.08. The van der Waals surface area contributed by atoms with Crippen LogP contribution in [0.15, 0.2) is 12.3 Å². The highest BCUT2D eigenvalue weighted by molar-refractivity contribution is 5.80. The van der Waals surface area contributed by atoms with E-state index in [0.717, 1.165) is 12.3 Å². The fraction of sp³-hybridized carbons (Fsp3) is 0.474. The van der Waals surface area contributed by atoms with Crippen LogP contribution in [-0.4, -0.2) is 44.4 Å². The maximum Gasteiger partial charge on any atom is 0.422 e. The van der Waals surface area contributed by atoms with E-state index in [2.05, 4.69) is 14.8 Å². The Labute approximate surface area is 168 Å². The van der Waals surface area contributed by atoms with Crippen LogP contribution in [0.2, 0.25) is 0 Å². The Kier molecular flexibility index (Phi) is 5.82. The van der Waals surface area contributed by atoms with Crippen molar-refractivity contribution >= 4 is 11.8 Å². The molecule has 0 saturated heterocycles. The third-order valence-electron chi connectivity index (χ3n) is 5.07. The molecule has 1 unspecified atom stereocenters. The molecule has 1 aliphatic rings. The van der Waals surface area contributed by atoms with Gasteiger partial charge >= 0.3 is 12.1 Å². The normalized spacial score (nSPS) is 17.3. The van der Waals surface area contributed by atoms with Gasteiger partial charge in [0.2, 0.25) is 5.88 Å². The van der Waals surface area contributed by atoms with Crippen molar-refractivity contribution in [3.63, 3.8) is 0 Å². The number of halogens is 4. The number of aliphatic carboxylic acids is 1. The van der Waals surface area contributed by atoms with Gasteiger partial charge in [-0.15, -0.1) is 0 Å². The molecule has 0 spiro atoms. The minimum atomic E-state index is -4.58. The zero-order chi connectivity index (χ0) is 22.2. The molecule has 2 atom stereocenters. The number of hydrogen-bond acceptors (Lipinski definition) is 5. The number of rotatable bonds is 6. The molecule has 1 aliphatic carbocycles. The van der Waals surface area contributed by atoms with E-state index < -0.39 is 42.4 Å². The molecule has 0 radical (unpaired) electrons. The van der Waals surface area contributed by atoms with Gasteiger partial charge in [0.05, 0.1) is 17.8 Å². The standard InChI is InChI=1S/C19H19F4N3O4/c1-9(10(2)27)26-15-5-11(18(28)29)3-4-12(15)17(25-26)13-6-16(24-7-14(13)20)30-8-19(21,22)23/h6-7,9,11H,3-5,8H2,1-2H3,(H,28,29)/t9?,11-/m1/s1. The predicted octanol–water partition coefficient (Wildman–Crippen LogP) is 3.36. The number of carboxylic acid groups (broad SMARTS) is 1. The topological polar surface area (TPSA) is 94.3 Å². The Morgan fingerprint density at radius 2 is 2.10 bits per heavy atom. The lowest BCUT2D eigenvalue weighted by Gasteiger charge is -2.22. The summed E-state index contributed by atoms with van der Waals surface area (Å²) >= 11 is 0. The summed E-state index contributed by atoms with van der Waals surface area (Å²) in [6, 6.07) is 0.307. The lowest BCUT2D eigenvalue weighted by atomic mass is 9.85. The Balaban J connectivity index is 2.07. The van der Waals surface area contributed by atoms with Gasteiger partial charge in [-0.3, -0.25) is 14.3 Å². The third-order valence-corrected chi connectivity index (χ3v) is 5.07. The number of fused-ring (bicyclic) bond motifs is 1. The van der Waals surface area contributed by atoms with Crippen molar-refractivity contribution in [1.29, 1.82) is 0 Å². The Morgan fingerprint density at radius 3 is 2.70 bits per heavy atom. The number of carboxylic acids is 1. The number of hydrogen-bond donors (Lipinski definition) is 1. The van der Waals surface area contributed by atoms with Gasteiger partial charge in [-0.25, -0.2) is 9.37 Å². The lowest BCUT2D eigenvalue weighted by Crippen LogP contribution is -2.26. The number of Topliss-reactive ketones (excluding diaryl/α,β-unsaturated/α-hetero) is 1. The Bertz CT molecular complexity index is 987. The molecule has 0 saturated carbocycles. The van der Waals surface area contributed by atoms with Crippen molar-refractivity contribution in [2.75, 3.05) is 6.61 Å². The summed E-state index contributed by atoms with van der Waals surface area (Å²) < 4.78 is 57.7. The van der Waals surface area contributed by atoms with E-state index in [1.165, 1.54) is 11.6 Å². The first-order valence-corrected chi connectivity index (χ1v) is 9.17. The van der Waals surface area contributed by atoms with Crippen molar-refractivity contribution in [3.8, 4) is 17.1 Å². The average Bonchev–Trinajstić information content (AvgIpc) is 3.04. The van der Waals surface area contributed by atoms with Crippen molar-refractivity contribution in [2.24, 2.45) is 5.92 Å². The highest BCUT2D eigenvalue weighted by Gasteiger charge is 2.33. The first-order valence-electron chi connectivity index (χ1n) is 9.17. The first kappa shape index (κ1) is 21.7. The molecule has 0 aliphatic heterocycles. The second kappa shape index (κ2) is 8.04. The van der Waals surface area contributed by atoms with Crippen LogP contribution in [0.5, 0.6) is 5.88 Å². The number of aromatic nitrogens is 3. The molecule has 162 valence electrons. The van der Waals surface area contributed by atoms with Gasteiger partial charge in [0.15, 0.2) is 18.2 Å². The molecular weight excluding hydrogens is 410 g/mol. The van der Waals surface area contributed by atoms with Gasteiger partial charge in [0, 0.05) is 29.3 Å². The maximum atomic E-state index is 14.5. The number of nitrogens with zero attached hydrogens (tertiary/aromatic N) is 3. The zero-order valence-corrected chi connectivity index (χ0v) is 16.2. The average molecular weight is 429 g/mol. The molecule has 2 heterocycles. The smallest absolute Gasteiger partial charge is 0.422 e. The minimum absolute atomic E-state index is 0.111. The molecule has 2 aromatic rings. The van der Waals surface area contributed by atoms with Crippen molar-refractivity contribution in [1.82, 2.24) is 14.8 Å². The zero-order valence-electron chi connectivity index (χ0n) is 16.2. The second-order valence-electron chi connectivity index (χ2n) is 7.19. The molecule has 7 nitrogen and oxygen atoms in total. The largest absolute Gasteiger partial charge is 0.481 e. The fourth-order valence-corrected chi connectivity index (χ4v) is 3.39. The number of carbonyl (C=O) groups excluding carboxylic acids is 1. The molecule has 1 N–H and O–H groups in total. The van der Waals surface area contributed by atoms with E-state index in [1.807, 2.05) is 0 Å². The predicted molar refractivity (Wildman–Crippen MR) is 95.5 cm³/mol. The maximum absolute atomic E-state index is 14.5. The molecule has 30 heavy (non-hydrogen) atoms. The molecule has 0 bridgehead atoms. The Hall–Kier alpha value is -2.98. The third kappa shape index (κ3) is 4.44. The number of pyridine rings is 1. The van der Waals surface area contributed by atoms with Crippen molar-refractivity contribution in [3.05, 3.63) is 29.3 Å². The highest BCUT2D eigenvalue weighted by atomic mass is 19.4. The Morgan fingerprint density at radius 1 is 1.40 bits per heavy atom. The van der Waals surface area contributed by atoms with Crippen LogP contribution in [0, 0.1) is 11.7 Å². The van der Waals surface area contributed by atoms with Gasteiger partial charge in [0.25, 0.3) is 0 Å². The monoisotopic (exact) mass is 429 g/mol. The van der Waals surface area contributed by atoms with Gasteiger partial charge in [-0.05, 0) is 26.7 Å². The second-order valence-corrected chi connectivity index (χ2v) is 7.19. The van der Waals surface area contributed by atoms with Crippen molar-refractivity contribution in [2.45, 2.75) is 45.3 Å². The number of carbonyl (C=O) groups is 2. The lowest BCUT2D eigenvalue weighted by molar-refractivity contribution is -0.154. The van der Waals surface area contributed by atoms with Crippen LogP contribution in [0.25, 0.3) is 11.3 Å². The van der Waals surface area contributed by atoms with E-state index in [-0.39, 0.29) is 29.9 Å². The molecule has 0 amide bonds. The van der Waals surface area contributed by atoms with E-state index in [9.17, 15) is 32.3 Å². The van der Waals surface area contributed by atoms with Gasteiger partial charge in [-0.1, -0.05) is 0 Å². The van der Waals surface area contributed by atoms with Gasteiger partial charge in [-0.2, -0.15) is 18.3 Å². The number of alkyl halides is 3. The molecule has 3 rings (SSSR count). The van der Waals surface area contributed by atoms with Crippen LogP contribution >= 0.6 is 0 Å².